The molecule has 0 amide bonds. The maximum atomic E-state index is 12.9. The standard InChI is InChI=1S/C15H14FNO2S/c1-20(18,19)17(15-9-7-14(16)8-10-15)12-11-13-5-3-2-4-6-13/h2-12H,1H3/b12-11-. The summed E-state index contributed by atoms with van der Waals surface area (Å²) in [5.41, 5.74) is 1.27. The Balaban J connectivity index is 2.35. The van der Waals surface area contributed by atoms with Gasteiger partial charge in [0.2, 0.25) is 10.0 Å². The lowest BCUT2D eigenvalue weighted by Crippen LogP contribution is -2.23. The summed E-state index contributed by atoms with van der Waals surface area (Å²) in [6.07, 6.45) is 4.24. The number of hydrogen-bond acceptors (Lipinski definition) is 2. The molecule has 0 saturated heterocycles. The lowest BCUT2D eigenvalue weighted by molar-refractivity contribution is 0.601. The fraction of sp³-hybridized carbons (Fsp3) is 0.0667. The smallest absolute Gasteiger partial charge is 0.236 e. The van der Waals surface area contributed by atoms with Crippen LogP contribution in [-0.2, 0) is 10.0 Å². The van der Waals surface area contributed by atoms with Crippen LogP contribution in [0, 0.1) is 5.82 Å². The Morgan fingerprint density at radius 1 is 1.00 bits per heavy atom. The summed E-state index contributed by atoms with van der Waals surface area (Å²) in [7, 11) is -3.48. The van der Waals surface area contributed by atoms with Gasteiger partial charge in [-0.2, -0.15) is 0 Å². The number of benzene rings is 2. The minimum Gasteiger partial charge on any atom is -0.246 e. The summed E-state index contributed by atoms with van der Waals surface area (Å²) >= 11 is 0. The van der Waals surface area contributed by atoms with E-state index in [1.807, 2.05) is 30.3 Å². The van der Waals surface area contributed by atoms with E-state index < -0.39 is 15.8 Å². The largest absolute Gasteiger partial charge is 0.246 e. The SMILES string of the molecule is CS(=O)(=O)N(/C=C\c1ccccc1)c1ccc(F)cc1. The second-order valence-corrected chi connectivity index (χ2v) is 6.12. The van der Waals surface area contributed by atoms with E-state index in [0.717, 1.165) is 16.1 Å². The van der Waals surface area contributed by atoms with Crippen molar-refractivity contribution in [2.75, 3.05) is 10.6 Å². The maximum Gasteiger partial charge on any atom is 0.236 e. The van der Waals surface area contributed by atoms with Crippen LogP contribution < -0.4 is 4.31 Å². The third-order valence-corrected chi connectivity index (χ3v) is 3.69. The molecule has 0 aliphatic rings. The van der Waals surface area contributed by atoms with E-state index in [0.29, 0.717) is 5.69 Å². The van der Waals surface area contributed by atoms with E-state index in [1.165, 1.54) is 30.5 Å². The summed E-state index contributed by atoms with van der Waals surface area (Å²) in [6.45, 7) is 0. The van der Waals surface area contributed by atoms with E-state index in [9.17, 15) is 12.8 Å². The van der Waals surface area contributed by atoms with Crippen LogP contribution in [0.2, 0.25) is 0 Å². The van der Waals surface area contributed by atoms with Gasteiger partial charge in [-0.3, -0.25) is 0 Å². The van der Waals surface area contributed by atoms with E-state index in [4.69, 9.17) is 0 Å². The van der Waals surface area contributed by atoms with Gasteiger partial charge in [0.25, 0.3) is 0 Å². The predicted octanol–water partition coefficient (Wildman–Crippen LogP) is 3.26. The van der Waals surface area contributed by atoms with Gasteiger partial charge in [-0.15, -0.1) is 0 Å². The molecule has 0 saturated carbocycles. The van der Waals surface area contributed by atoms with E-state index >= 15 is 0 Å². The third-order valence-electron chi connectivity index (χ3n) is 2.64. The van der Waals surface area contributed by atoms with Gasteiger partial charge >= 0.3 is 0 Å². The van der Waals surface area contributed by atoms with Crippen LogP contribution in [0.1, 0.15) is 5.56 Å². The molecule has 104 valence electrons. The van der Waals surface area contributed by atoms with E-state index in [1.54, 1.807) is 6.08 Å². The highest BCUT2D eigenvalue weighted by molar-refractivity contribution is 7.92. The summed E-state index contributed by atoms with van der Waals surface area (Å²) in [5.74, 6) is -0.408. The number of halogens is 1. The molecule has 20 heavy (non-hydrogen) atoms. The molecular formula is C15H14FNO2S. The van der Waals surface area contributed by atoms with E-state index in [-0.39, 0.29) is 0 Å². The highest BCUT2D eigenvalue weighted by Gasteiger charge is 2.14. The van der Waals surface area contributed by atoms with Crippen LogP contribution in [0.5, 0.6) is 0 Å². The van der Waals surface area contributed by atoms with E-state index in [2.05, 4.69) is 0 Å². The van der Waals surface area contributed by atoms with Crippen molar-refractivity contribution in [1.29, 1.82) is 0 Å². The summed E-state index contributed by atoms with van der Waals surface area (Å²) < 4.78 is 37.7. The molecule has 0 aromatic heterocycles. The number of hydrogen-bond donors (Lipinski definition) is 0. The molecule has 0 atom stereocenters. The van der Waals surface area contributed by atoms with Gasteiger partial charge in [0.1, 0.15) is 5.82 Å². The fourth-order valence-corrected chi connectivity index (χ4v) is 2.48. The van der Waals surface area contributed by atoms with Gasteiger partial charge in [0.15, 0.2) is 0 Å². The second-order valence-electron chi connectivity index (χ2n) is 4.26. The summed E-state index contributed by atoms with van der Waals surface area (Å²) in [5, 5.41) is 0. The van der Waals surface area contributed by atoms with Gasteiger partial charge in [0, 0.05) is 6.20 Å². The Hall–Kier alpha value is -2.14. The maximum absolute atomic E-state index is 12.9. The Kier molecular flexibility index (Phi) is 4.20. The van der Waals surface area contributed by atoms with Crippen molar-refractivity contribution < 1.29 is 12.8 Å². The number of sulfonamides is 1. The van der Waals surface area contributed by atoms with Crippen LogP contribution >= 0.6 is 0 Å². The van der Waals surface area contributed by atoms with Crippen molar-refractivity contribution in [1.82, 2.24) is 0 Å². The minimum absolute atomic E-state index is 0.390. The van der Waals surface area contributed by atoms with Gasteiger partial charge in [-0.25, -0.2) is 17.1 Å². The second kappa shape index (κ2) is 5.88. The molecule has 0 bridgehead atoms. The molecule has 5 heteroatoms. The molecule has 0 spiro atoms. The van der Waals surface area contributed by atoms with Crippen molar-refractivity contribution in [3.63, 3.8) is 0 Å². The van der Waals surface area contributed by atoms with Crippen LogP contribution in [0.3, 0.4) is 0 Å². The zero-order valence-electron chi connectivity index (χ0n) is 10.9. The number of anilines is 1. The highest BCUT2D eigenvalue weighted by Crippen LogP contribution is 2.19. The molecule has 0 radical (unpaired) electrons. The van der Waals surface area contributed by atoms with Crippen molar-refractivity contribution in [2.45, 2.75) is 0 Å². The minimum atomic E-state index is -3.48. The average Bonchev–Trinajstić information content (AvgIpc) is 2.41. The first-order valence-corrected chi connectivity index (χ1v) is 7.80. The lowest BCUT2D eigenvalue weighted by atomic mass is 10.2. The average molecular weight is 291 g/mol. The normalized spacial score (nSPS) is 11.7. The zero-order valence-corrected chi connectivity index (χ0v) is 11.7. The van der Waals surface area contributed by atoms with Crippen LogP contribution in [0.15, 0.2) is 60.8 Å². The van der Waals surface area contributed by atoms with Gasteiger partial charge in [-0.1, -0.05) is 30.3 Å². The number of nitrogens with zero attached hydrogens (tertiary/aromatic N) is 1. The first-order chi connectivity index (χ1) is 9.47. The monoisotopic (exact) mass is 291 g/mol. The molecule has 0 aliphatic carbocycles. The van der Waals surface area contributed by atoms with Crippen molar-refractivity contribution >= 4 is 21.8 Å². The quantitative estimate of drug-likeness (QED) is 0.867. The molecule has 0 unspecified atom stereocenters. The van der Waals surface area contributed by atoms with Crippen LogP contribution in [0.4, 0.5) is 10.1 Å². The Labute approximate surface area is 118 Å². The summed E-state index contributed by atoms with van der Waals surface area (Å²) in [6, 6.07) is 14.6. The highest BCUT2D eigenvalue weighted by atomic mass is 32.2. The summed E-state index contributed by atoms with van der Waals surface area (Å²) in [4.78, 5) is 0. The van der Waals surface area contributed by atoms with Crippen molar-refractivity contribution in [3.05, 3.63) is 72.2 Å². The fourth-order valence-electron chi connectivity index (χ4n) is 1.69. The molecule has 3 nitrogen and oxygen atoms in total. The van der Waals surface area contributed by atoms with Crippen LogP contribution in [0.25, 0.3) is 6.08 Å². The molecule has 2 rings (SSSR count). The van der Waals surface area contributed by atoms with Crippen molar-refractivity contribution in [2.24, 2.45) is 0 Å². The molecule has 2 aromatic carbocycles. The Bertz CT molecular complexity index is 694. The third kappa shape index (κ3) is 3.68. The first kappa shape index (κ1) is 14.3. The molecule has 2 aromatic rings. The topological polar surface area (TPSA) is 37.4 Å². The van der Waals surface area contributed by atoms with Gasteiger partial charge in [0.05, 0.1) is 11.9 Å². The van der Waals surface area contributed by atoms with Crippen LogP contribution in [-0.4, -0.2) is 14.7 Å². The lowest BCUT2D eigenvalue weighted by Gasteiger charge is -2.17. The molecule has 0 heterocycles. The van der Waals surface area contributed by atoms with Crippen molar-refractivity contribution in [3.8, 4) is 0 Å². The molecule has 0 N–H and O–H groups in total. The molecular weight excluding hydrogens is 277 g/mol. The molecule has 0 aliphatic heterocycles. The van der Waals surface area contributed by atoms with Gasteiger partial charge in [-0.05, 0) is 35.9 Å². The Morgan fingerprint density at radius 2 is 1.60 bits per heavy atom. The molecule has 0 fully saturated rings. The van der Waals surface area contributed by atoms with Gasteiger partial charge < -0.3 is 0 Å². The Morgan fingerprint density at radius 3 is 2.15 bits per heavy atom. The zero-order chi connectivity index (χ0) is 14.6. The number of rotatable bonds is 4. The predicted molar refractivity (Wildman–Crippen MR) is 79.2 cm³/mol. The first-order valence-electron chi connectivity index (χ1n) is 5.95.